The summed E-state index contributed by atoms with van der Waals surface area (Å²) < 4.78 is 9.94. The molecule has 0 fully saturated rings. The highest BCUT2D eigenvalue weighted by molar-refractivity contribution is 5.81. The van der Waals surface area contributed by atoms with Gasteiger partial charge in [-0.05, 0) is 12.1 Å². The lowest BCUT2D eigenvalue weighted by atomic mass is 10.2. The molecule has 0 heterocycles. The Morgan fingerprint density at radius 2 is 1.79 bits per heavy atom. The van der Waals surface area contributed by atoms with Gasteiger partial charge in [0.1, 0.15) is 17.8 Å². The second-order valence-electron chi connectivity index (χ2n) is 2.50. The molecule has 0 aliphatic heterocycles. The van der Waals surface area contributed by atoms with Crippen molar-refractivity contribution in [2.75, 3.05) is 14.2 Å². The minimum Gasteiger partial charge on any atom is -0.508 e. The van der Waals surface area contributed by atoms with Gasteiger partial charge in [0.15, 0.2) is 0 Å². The number of aldehydes is 1. The summed E-state index contributed by atoms with van der Waals surface area (Å²) in [5.41, 5.74) is 0.701. The molecule has 0 radical (unpaired) electrons. The van der Waals surface area contributed by atoms with E-state index in [2.05, 4.69) is 4.85 Å². The van der Waals surface area contributed by atoms with E-state index in [0.29, 0.717) is 23.3 Å². The summed E-state index contributed by atoms with van der Waals surface area (Å²) in [6, 6.07) is 3.01. The number of carbonyl (C=O) groups excluding carboxylic acids is 1. The van der Waals surface area contributed by atoms with Crippen LogP contribution in [-0.4, -0.2) is 20.5 Å². The normalized spacial score (nSPS) is 8.93. The summed E-state index contributed by atoms with van der Waals surface area (Å²) in [6.07, 6.45) is 0.679. The predicted molar refractivity (Wildman–Crippen MR) is 51.2 cm³/mol. The van der Waals surface area contributed by atoms with Crippen molar-refractivity contribution in [3.8, 4) is 11.5 Å². The third-order valence-electron chi connectivity index (χ3n) is 1.75. The molecule has 0 N–H and O–H groups in total. The van der Waals surface area contributed by atoms with E-state index in [1.807, 2.05) is 0 Å². The molecule has 0 spiro atoms. The van der Waals surface area contributed by atoms with Crippen LogP contribution >= 0.6 is 0 Å². The summed E-state index contributed by atoms with van der Waals surface area (Å²) in [7, 11) is 2.88. The van der Waals surface area contributed by atoms with Gasteiger partial charge in [0.05, 0.1) is 20.8 Å². The number of carbonyl (C=O) groups is 1. The molecule has 0 saturated heterocycles. The number of benzene rings is 1. The van der Waals surface area contributed by atoms with Crippen LogP contribution in [0.2, 0.25) is 0 Å². The van der Waals surface area contributed by atoms with Crippen molar-refractivity contribution in [3.63, 3.8) is 0 Å². The topological polar surface area (TPSA) is 39.9 Å². The zero-order chi connectivity index (χ0) is 10.6. The quantitative estimate of drug-likeness (QED) is 0.542. The maximum atomic E-state index is 10.6. The fourth-order valence-corrected chi connectivity index (χ4v) is 1.09. The molecule has 0 atom stereocenters. The first-order chi connectivity index (χ1) is 6.76. The first kappa shape index (κ1) is 10.1. The standard InChI is InChI=1S/C10H9NO3/c1-11-10-8(13-2)4-7(6-12)5-9(10)14-3/h4-6H,2-3H3. The van der Waals surface area contributed by atoms with Crippen LogP contribution in [0.25, 0.3) is 4.85 Å². The molecule has 0 saturated carbocycles. The highest BCUT2D eigenvalue weighted by atomic mass is 16.5. The van der Waals surface area contributed by atoms with E-state index in [9.17, 15) is 4.79 Å². The Morgan fingerprint density at radius 3 is 2.07 bits per heavy atom. The Kier molecular flexibility index (Phi) is 3.08. The molecule has 0 aliphatic rings. The van der Waals surface area contributed by atoms with E-state index in [1.165, 1.54) is 26.4 Å². The van der Waals surface area contributed by atoms with Crippen LogP contribution in [0.15, 0.2) is 12.1 Å². The van der Waals surface area contributed by atoms with Crippen LogP contribution in [0.4, 0.5) is 5.69 Å². The van der Waals surface area contributed by atoms with E-state index in [0.717, 1.165) is 0 Å². The van der Waals surface area contributed by atoms with Crippen molar-refractivity contribution in [1.29, 1.82) is 0 Å². The van der Waals surface area contributed by atoms with Gasteiger partial charge in [-0.3, -0.25) is 4.79 Å². The summed E-state index contributed by atoms with van der Waals surface area (Å²) in [5.74, 6) is 0.697. The monoisotopic (exact) mass is 191 g/mol. The van der Waals surface area contributed by atoms with Crippen molar-refractivity contribution in [2.24, 2.45) is 0 Å². The number of ether oxygens (including phenoxy) is 2. The van der Waals surface area contributed by atoms with E-state index in [1.54, 1.807) is 0 Å². The first-order valence-corrected chi connectivity index (χ1v) is 3.85. The van der Waals surface area contributed by atoms with Gasteiger partial charge in [-0.15, -0.1) is 0 Å². The summed E-state index contributed by atoms with van der Waals surface area (Å²) in [5, 5.41) is 0. The van der Waals surface area contributed by atoms with Crippen LogP contribution in [0, 0.1) is 6.57 Å². The lowest BCUT2D eigenvalue weighted by Gasteiger charge is -2.08. The fraction of sp³-hybridized carbons (Fsp3) is 0.200. The molecule has 14 heavy (non-hydrogen) atoms. The average Bonchev–Trinajstić information content (AvgIpc) is 2.26. The number of rotatable bonds is 3. The molecular formula is C10H9NO3. The van der Waals surface area contributed by atoms with Crippen molar-refractivity contribution in [1.82, 2.24) is 0 Å². The van der Waals surface area contributed by atoms with Gasteiger partial charge in [-0.1, -0.05) is 0 Å². The Hall–Kier alpha value is -2.02. The zero-order valence-corrected chi connectivity index (χ0v) is 7.90. The Morgan fingerprint density at radius 1 is 1.29 bits per heavy atom. The van der Waals surface area contributed by atoms with Crippen LogP contribution in [-0.2, 0) is 0 Å². The third kappa shape index (κ3) is 1.67. The third-order valence-corrected chi connectivity index (χ3v) is 1.75. The van der Waals surface area contributed by atoms with Gasteiger partial charge in [-0.25, -0.2) is 4.85 Å². The molecule has 0 bridgehead atoms. The van der Waals surface area contributed by atoms with Gasteiger partial charge < -0.3 is 9.47 Å². The molecule has 72 valence electrons. The van der Waals surface area contributed by atoms with Crippen molar-refractivity contribution in [2.45, 2.75) is 0 Å². The van der Waals surface area contributed by atoms with Gasteiger partial charge in [0.2, 0.25) is 0 Å². The van der Waals surface area contributed by atoms with E-state index < -0.39 is 0 Å². The molecular weight excluding hydrogens is 182 g/mol. The number of hydrogen-bond donors (Lipinski definition) is 0. The number of methoxy groups -OCH3 is 2. The zero-order valence-electron chi connectivity index (χ0n) is 7.90. The minimum absolute atomic E-state index is 0.278. The van der Waals surface area contributed by atoms with Gasteiger partial charge >= 0.3 is 0 Å². The van der Waals surface area contributed by atoms with Crippen LogP contribution in [0.5, 0.6) is 11.5 Å². The molecule has 1 rings (SSSR count). The first-order valence-electron chi connectivity index (χ1n) is 3.85. The van der Waals surface area contributed by atoms with Crippen molar-refractivity contribution < 1.29 is 14.3 Å². The van der Waals surface area contributed by atoms with E-state index >= 15 is 0 Å². The molecule has 0 amide bonds. The second kappa shape index (κ2) is 4.28. The largest absolute Gasteiger partial charge is 0.508 e. The van der Waals surface area contributed by atoms with Crippen LogP contribution < -0.4 is 9.47 Å². The lowest BCUT2D eigenvalue weighted by Crippen LogP contribution is -1.91. The van der Waals surface area contributed by atoms with E-state index in [4.69, 9.17) is 16.0 Å². The minimum atomic E-state index is 0.278. The average molecular weight is 191 g/mol. The number of hydrogen-bond acceptors (Lipinski definition) is 3. The maximum Gasteiger partial charge on any atom is 0.268 e. The summed E-state index contributed by atoms with van der Waals surface area (Å²) >= 11 is 0. The van der Waals surface area contributed by atoms with Crippen molar-refractivity contribution >= 4 is 12.0 Å². The fourth-order valence-electron chi connectivity index (χ4n) is 1.09. The van der Waals surface area contributed by atoms with E-state index in [-0.39, 0.29) is 5.69 Å². The molecule has 0 aliphatic carbocycles. The molecule has 0 aromatic heterocycles. The lowest BCUT2D eigenvalue weighted by molar-refractivity contribution is 0.112. The van der Waals surface area contributed by atoms with Gasteiger partial charge in [0, 0.05) is 5.56 Å². The Labute approximate surface area is 81.9 Å². The second-order valence-corrected chi connectivity index (χ2v) is 2.50. The highest BCUT2D eigenvalue weighted by Gasteiger charge is 2.11. The molecule has 4 heteroatoms. The Balaban J connectivity index is 3.41. The molecule has 0 unspecified atom stereocenters. The van der Waals surface area contributed by atoms with Crippen molar-refractivity contribution in [3.05, 3.63) is 29.1 Å². The smallest absolute Gasteiger partial charge is 0.268 e. The molecule has 1 aromatic rings. The summed E-state index contributed by atoms with van der Waals surface area (Å²) in [6.45, 7) is 6.94. The Bertz CT molecular complexity index is 368. The predicted octanol–water partition coefficient (Wildman–Crippen LogP) is 2.07. The van der Waals surface area contributed by atoms with Gasteiger partial charge in [0.25, 0.3) is 5.69 Å². The van der Waals surface area contributed by atoms with Crippen LogP contribution in [0.3, 0.4) is 0 Å². The summed E-state index contributed by atoms with van der Waals surface area (Å²) in [4.78, 5) is 13.8. The number of nitrogens with zero attached hydrogens (tertiary/aromatic N) is 1. The highest BCUT2D eigenvalue weighted by Crippen LogP contribution is 2.38. The van der Waals surface area contributed by atoms with Crippen LogP contribution in [0.1, 0.15) is 10.4 Å². The molecule has 4 nitrogen and oxygen atoms in total. The SMILES string of the molecule is [C-]#[N+]c1c(OC)cc(C=O)cc1OC. The maximum absolute atomic E-state index is 10.6. The molecule has 1 aromatic carbocycles. The van der Waals surface area contributed by atoms with Gasteiger partial charge in [-0.2, -0.15) is 0 Å².